The summed E-state index contributed by atoms with van der Waals surface area (Å²) in [7, 11) is 1.30. The molecule has 0 bridgehead atoms. The fourth-order valence-electron chi connectivity index (χ4n) is 3.72. The summed E-state index contributed by atoms with van der Waals surface area (Å²) in [5.74, 6) is 0.623. The summed E-state index contributed by atoms with van der Waals surface area (Å²) >= 11 is 0. The number of ether oxygens (including phenoxy) is 3. The van der Waals surface area contributed by atoms with Crippen LogP contribution in [0.4, 0.5) is 18.9 Å². The third-order valence-electron chi connectivity index (χ3n) is 5.29. The van der Waals surface area contributed by atoms with E-state index in [2.05, 4.69) is 9.84 Å². The molecule has 1 N–H and O–H groups in total. The van der Waals surface area contributed by atoms with Crippen molar-refractivity contribution in [3.8, 4) is 11.5 Å². The number of hydrogen-bond acceptors (Lipinski definition) is 7. The van der Waals surface area contributed by atoms with Crippen molar-refractivity contribution in [3.05, 3.63) is 81.3 Å². The topological polar surface area (TPSA) is 93.8 Å². The van der Waals surface area contributed by atoms with Gasteiger partial charge in [-0.1, -0.05) is 12.1 Å². The Kier molecular flexibility index (Phi) is 6.44. The minimum absolute atomic E-state index is 0.134. The molecule has 1 aliphatic heterocycles. The van der Waals surface area contributed by atoms with E-state index in [0.717, 1.165) is 17.3 Å². The molecule has 178 valence electrons. The van der Waals surface area contributed by atoms with Gasteiger partial charge in [0.15, 0.2) is 0 Å². The Labute approximate surface area is 191 Å². The van der Waals surface area contributed by atoms with Crippen molar-refractivity contribution >= 4 is 11.7 Å². The largest absolute Gasteiger partial charge is 0.490 e. The minimum Gasteiger partial charge on any atom is -0.490 e. The molecule has 0 fully saturated rings. The van der Waals surface area contributed by atoms with E-state index in [0.29, 0.717) is 17.1 Å². The molecular weight excluding hydrogens is 455 g/mol. The van der Waals surface area contributed by atoms with Gasteiger partial charge in [0.1, 0.15) is 30.3 Å². The van der Waals surface area contributed by atoms with Gasteiger partial charge in [-0.15, -0.1) is 0 Å². The van der Waals surface area contributed by atoms with Crippen molar-refractivity contribution in [1.82, 2.24) is 10.2 Å². The number of esters is 1. The molecule has 0 saturated heterocycles. The number of carbonyl (C=O) groups excluding carboxylic acids is 1. The zero-order chi connectivity index (χ0) is 24.3. The average Bonchev–Trinajstić information content (AvgIpc) is 3.26. The lowest BCUT2D eigenvalue weighted by Gasteiger charge is -2.21. The van der Waals surface area contributed by atoms with Crippen LogP contribution in [0, 0.1) is 0 Å². The normalized spacial score (nSPS) is 12.9. The Morgan fingerprint density at radius 3 is 2.53 bits per heavy atom. The van der Waals surface area contributed by atoms with Crippen LogP contribution in [-0.2, 0) is 24.0 Å². The Morgan fingerprint density at radius 1 is 1.09 bits per heavy atom. The Balaban J connectivity index is 1.40. The number of rotatable bonds is 7. The molecule has 3 aromatic rings. The van der Waals surface area contributed by atoms with Crippen LogP contribution in [0.25, 0.3) is 0 Å². The van der Waals surface area contributed by atoms with Crippen molar-refractivity contribution in [1.29, 1.82) is 0 Å². The number of carbonyl (C=O) groups is 1. The predicted molar refractivity (Wildman–Crippen MR) is 115 cm³/mol. The number of fused-ring (bicyclic) bond motifs is 1. The van der Waals surface area contributed by atoms with E-state index >= 15 is 0 Å². The summed E-state index contributed by atoms with van der Waals surface area (Å²) in [6.07, 6.45) is -3.80. The highest BCUT2D eigenvalue weighted by Crippen LogP contribution is 2.39. The number of aromatic nitrogens is 2. The number of nitrogens with one attached hydrogen (secondary N) is 1. The van der Waals surface area contributed by atoms with Crippen LogP contribution in [0.2, 0.25) is 0 Å². The number of halogens is 3. The molecule has 0 saturated carbocycles. The number of anilines is 1. The Morgan fingerprint density at radius 2 is 1.82 bits per heavy atom. The Bertz CT molecular complexity index is 1240. The summed E-state index contributed by atoms with van der Waals surface area (Å²) in [5.41, 5.74) is -0.904. The number of benzene rings is 2. The summed E-state index contributed by atoms with van der Waals surface area (Å²) in [5, 5.41) is 5.39. The van der Waals surface area contributed by atoms with Crippen molar-refractivity contribution in [2.45, 2.75) is 19.3 Å². The fraction of sp³-hybridized carbons (Fsp3) is 0.261. The second-order valence-electron chi connectivity index (χ2n) is 7.42. The molecule has 34 heavy (non-hydrogen) atoms. The summed E-state index contributed by atoms with van der Waals surface area (Å²) in [4.78, 5) is 24.7. The van der Waals surface area contributed by atoms with Gasteiger partial charge in [0.25, 0.3) is 5.56 Å². The van der Waals surface area contributed by atoms with Gasteiger partial charge >= 0.3 is 12.1 Å². The van der Waals surface area contributed by atoms with Crippen LogP contribution < -0.4 is 19.9 Å². The highest BCUT2D eigenvalue weighted by molar-refractivity contribution is 5.89. The van der Waals surface area contributed by atoms with Crippen molar-refractivity contribution in [3.63, 3.8) is 0 Å². The standard InChI is InChI=1S/C23H20F3N3O5/c1-32-22(31)14-5-7-16(8-6-14)33-9-10-34-19-4-2-3-15-12-29(13-17(15)19)18-11-27-28-21(30)20(18)23(24,25)26/h2-8,11H,9-10,12-13H2,1H3,(H,28,30). The molecule has 8 nitrogen and oxygen atoms in total. The molecule has 0 aliphatic carbocycles. The maximum Gasteiger partial charge on any atom is 0.423 e. The summed E-state index contributed by atoms with van der Waals surface area (Å²) in [6.45, 7) is 0.718. The third-order valence-corrected chi connectivity index (χ3v) is 5.29. The number of H-pyrrole nitrogens is 1. The number of methoxy groups -OCH3 is 1. The lowest BCUT2D eigenvalue weighted by atomic mass is 10.1. The van der Waals surface area contributed by atoms with E-state index in [-0.39, 0.29) is 32.0 Å². The summed E-state index contributed by atoms with van der Waals surface area (Å²) in [6, 6.07) is 11.7. The van der Waals surface area contributed by atoms with Crippen LogP contribution in [0.3, 0.4) is 0 Å². The predicted octanol–water partition coefficient (Wildman–Crippen LogP) is 3.55. The number of aromatic amines is 1. The van der Waals surface area contributed by atoms with E-state index in [1.807, 2.05) is 5.10 Å². The number of hydrogen-bond donors (Lipinski definition) is 1. The lowest BCUT2D eigenvalue weighted by molar-refractivity contribution is -0.138. The van der Waals surface area contributed by atoms with Gasteiger partial charge in [-0.3, -0.25) is 4.79 Å². The zero-order valence-corrected chi connectivity index (χ0v) is 18.0. The van der Waals surface area contributed by atoms with Crippen molar-refractivity contribution < 1.29 is 32.2 Å². The minimum atomic E-state index is -4.81. The third kappa shape index (κ3) is 4.82. The van der Waals surface area contributed by atoms with E-state index in [1.165, 1.54) is 12.0 Å². The van der Waals surface area contributed by atoms with Gasteiger partial charge in [-0.25, -0.2) is 9.89 Å². The van der Waals surface area contributed by atoms with Gasteiger partial charge < -0.3 is 19.1 Å². The van der Waals surface area contributed by atoms with E-state index in [9.17, 15) is 22.8 Å². The highest BCUT2D eigenvalue weighted by atomic mass is 19.4. The molecule has 0 unspecified atom stereocenters. The quantitative estimate of drug-likeness (QED) is 0.413. The zero-order valence-electron chi connectivity index (χ0n) is 18.0. The van der Waals surface area contributed by atoms with Crippen LogP contribution in [0.15, 0.2) is 53.5 Å². The average molecular weight is 475 g/mol. The van der Waals surface area contributed by atoms with Gasteiger partial charge in [0.2, 0.25) is 0 Å². The van der Waals surface area contributed by atoms with E-state index < -0.39 is 23.3 Å². The molecule has 2 heterocycles. The second kappa shape index (κ2) is 9.46. The van der Waals surface area contributed by atoms with E-state index in [4.69, 9.17) is 9.47 Å². The van der Waals surface area contributed by atoms with Gasteiger partial charge in [0.05, 0.1) is 24.6 Å². The van der Waals surface area contributed by atoms with Crippen molar-refractivity contribution in [2.75, 3.05) is 25.2 Å². The molecule has 0 radical (unpaired) electrons. The first-order valence-electron chi connectivity index (χ1n) is 10.2. The number of alkyl halides is 3. The first-order valence-corrected chi connectivity index (χ1v) is 10.2. The molecule has 1 aliphatic rings. The maximum absolute atomic E-state index is 13.5. The van der Waals surface area contributed by atoms with Crippen molar-refractivity contribution in [2.24, 2.45) is 0 Å². The SMILES string of the molecule is COC(=O)c1ccc(OCCOc2cccc3c2CN(c2cn[nH]c(=O)c2C(F)(F)F)C3)cc1. The van der Waals surface area contributed by atoms with Gasteiger partial charge in [0, 0.05) is 18.7 Å². The lowest BCUT2D eigenvalue weighted by Crippen LogP contribution is -2.28. The highest BCUT2D eigenvalue weighted by Gasteiger charge is 2.39. The van der Waals surface area contributed by atoms with Crippen LogP contribution in [0.5, 0.6) is 11.5 Å². The van der Waals surface area contributed by atoms with Crippen LogP contribution >= 0.6 is 0 Å². The first-order chi connectivity index (χ1) is 16.3. The molecule has 1 aromatic heterocycles. The van der Waals surface area contributed by atoms with Gasteiger partial charge in [-0.05, 0) is 35.9 Å². The van der Waals surface area contributed by atoms with E-state index in [1.54, 1.807) is 42.5 Å². The molecule has 4 rings (SSSR count). The maximum atomic E-state index is 13.5. The molecule has 11 heteroatoms. The monoisotopic (exact) mass is 475 g/mol. The van der Waals surface area contributed by atoms with Crippen LogP contribution in [0.1, 0.15) is 27.0 Å². The molecule has 0 atom stereocenters. The number of nitrogens with zero attached hydrogens (tertiary/aromatic N) is 2. The first kappa shape index (κ1) is 23.1. The van der Waals surface area contributed by atoms with Crippen LogP contribution in [-0.4, -0.2) is 36.5 Å². The Hall–Kier alpha value is -4.02. The molecule has 2 aromatic carbocycles. The molecule has 0 amide bonds. The molecule has 0 spiro atoms. The second-order valence-corrected chi connectivity index (χ2v) is 7.42. The summed E-state index contributed by atoms with van der Waals surface area (Å²) < 4.78 is 56.5. The molecular formula is C23H20F3N3O5. The van der Waals surface area contributed by atoms with Gasteiger partial charge in [-0.2, -0.15) is 18.3 Å². The fourth-order valence-corrected chi connectivity index (χ4v) is 3.72. The smallest absolute Gasteiger partial charge is 0.423 e.